The highest BCUT2D eigenvalue weighted by atomic mass is 32.1. The number of para-hydroxylation sites is 2. The maximum absolute atomic E-state index is 12.7. The second-order valence-corrected chi connectivity index (χ2v) is 5.82. The first-order valence-electron chi connectivity index (χ1n) is 6.40. The van der Waals surface area contributed by atoms with Crippen molar-refractivity contribution in [3.63, 3.8) is 0 Å². The molecule has 0 bridgehead atoms. The average molecular weight is 271 g/mol. The second kappa shape index (κ2) is 3.81. The average Bonchev–Trinajstić information content (AvgIpc) is 3.07. The molecule has 1 fully saturated rings. The molecule has 3 aromatic rings. The van der Waals surface area contributed by atoms with E-state index in [2.05, 4.69) is 4.98 Å². The van der Waals surface area contributed by atoms with Gasteiger partial charge < -0.3 is 0 Å². The lowest BCUT2D eigenvalue weighted by Crippen LogP contribution is -2.22. The van der Waals surface area contributed by atoms with E-state index in [4.69, 9.17) is 0 Å². The molecule has 4 rings (SSSR count). The summed E-state index contributed by atoms with van der Waals surface area (Å²) in [6.07, 6.45) is 2.20. The van der Waals surface area contributed by atoms with Gasteiger partial charge in [0.25, 0.3) is 0 Å². The number of benzene rings is 1. The van der Waals surface area contributed by atoms with Crippen molar-refractivity contribution in [1.82, 2.24) is 14.1 Å². The first kappa shape index (κ1) is 11.0. The molecular formula is C14H13N3OS. The van der Waals surface area contributed by atoms with Gasteiger partial charge in [0.1, 0.15) is 0 Å². The van der Waals surface area contributed by atoms with Gasteiger partial charge in [-0.15, -0.1) is 11.3 Å². The van der Waals surface area contributed by atoms with E-state index in [1.807, 2.05) is 41.1 Å². The Morgan fingerprint density at radius 1 is 1.26 bits per heavy atom. The Kier molecular flexibility index (Phi) is 2.20. The molecular weight excluding hydrogens is 258 g/mol. The molecule has 0 spiro atoms. The second-order valence-electron chi connectivity index (χ2n) is 4.98. The lowest BCUT2D eigenvalue weighted by Gasteiger charge is -1.97. The molecule has 0 amide bonds. The highest BCUT2D eigenvalue weighted by molar-refractivity contribution is 7.12. The van der Waals surface area contributed by atoms with Crippen LogP contribution in [0.15, 0.2) is 34.4 Å². The molecule has 0 unspecified atom stereocenters. The molecule has 96 valence electrons. The van der Waals surface area contributed by atoms with Crippen LogP contribution in [0.1, 0.15) is 24.6 Å². The summed E-state index contributed by atoms with van der Waals surface area (Å²) >= 11 is 1.52. The predicted octanol–water partition coefficient (Wildman–Crippen LogP) is 2.89. The van der Waals surface area contributed by atoms with Gasteiger partial charge in [0.2, 0.25) is 0 Å². The van der Waals surface area contributed by atoms with Crippen molar-refractivity contribution in [2.75, 3.05) is 0 Å². The summed E-state index contributed by atoms with van der Waals surface area (Å²) < 4.78 is 3.66. The van der Waals surface area contributed by atoms with Crippen molar-refractivity contribution in [1.29, 1.82) is 0 Å². The summed E-state index contributed by atoms with van der Waals surface area (Å²) in [5.41, 5.74) is 2.96. The molecule has 2 aromatic heterocycles. The van der Waals surface area contributed by atoms with Crippen LogP contribution in [0.4, 0.5) is 0 Å². The fraction of sp³-hybridized carbons (Fsp3) is 0.286. The molecule has 0 radical (unpaired) electrons. The predicted molar refractivity (Wildman–Crippen MR) is 76.2 cm³/mol. The number of aromatic nitrogens is 3. The van der Waals surface area contributed by atoms with E-state index in [1.165, 1.54) is 11.3 Å². The summed E-state index contributed by atoms with van der Waals surface area (Å²) in [6, 6.07) is 8.34. The number of hydrogen-bond acceptors (Lipinski definition) is 3. The first-order chi connectivity index (χ1) is 9.25. The normalized spacial score (nSPS) is 15.2. The van der Waals surface area contributed by atoms with Gasteiger partial charge >= 0.3 is 5.69 Å². The van der Waals surface area contributed by atoms with Gasteiger partial charge in [-0.1, -0.05) is 12.1 Å². The van der Waals surface area contributed by atoms with Gasteiger partial charge in [-0.2, -0.15) is 0 Å². The molecule has 0 saturated heterocycles. The summed E-state index contributed by atoms with van der Waals surface area (Å²) in [5, 5.41) is 2.74. The molecule has 1 aliphatic rings. The Morgan fingerprint density at radius 3 is 2.63 bits per heavy atom. The highest BCUT2D eigenvalue weighted by Gasteiger charge is 2.29. The molecule has 4 nitrogen and oxygen atoms in total. The van der Waals surface area contributed by atoms with Crippen LogP contribution in [-0.4, -0.2) is 14.1 Å². The highest BCUT2D eigenvalue weighted by Crippen LogP contribution is 2.36. The molecule has 1 saturated carbocycles. The molecule has 1 aromatic carbocycles. The fourth-order valence-electron chi connectivity index (χ4n) is 2.49. The third-order valence-electron chi connectivity index (χ3n) is 3.49. The number of aryl methyl sites for hydroxylation is 1. The maximum atomic E-state index is 12.7. The van der Waals surface area contributed by atoms with E-state index in [0.717, 1.165) is 34.7 Å². The zero-order valence-electron chi connectivity index (χ0n) is 10.5. The standard InChI is InChI=1S/C14H13N3OS/c1-9-8-19-13(15-9)17-12-5-3-2-4-11(12)16(14(17)18)10-6-7-10/h2-5,8,10H,6-7H2,1H3. The summed E-state index contributed by atoms with van der Waals surface area (Å²) in [4.78, 5) is 17.1. The maximum Gasteiger partial charge on any atom is 0.335 e. The van der Waals surface area contributed by atoms with Gasteiger partial charge in [0.05, 0.1) is 16.7 Å². The van der Waals surface area contributed by atoms with E-state index >= 15 is 0 Å². The minimum Gasteiger partial charge on any atom is -0.288 e. The zero-order valence-corrected chi connectivity index (χ0v) is 11.4. The van der Waals surface area contributed by atoms with E-state index < -0.39 is 0 Å². The largest absolute Gasteiger partial charge is 0.335 e. The monoisotopic (exact) mass is 271 g/mol. The van der Waals surface area contributed by atoms with Crippen LogP contribution in [0, 0.1) is 6.92 Å². The first-order valence-corrected chi connectivity index (χ1v) is 7.28. The number of thiazole rings is 1. The van der Waals surface area contributed by atoms with Crippen LogP contribution in [0.5, 0.6) is 0 Å². The Bertz CT molecular complexity index is 823. The van der Waals surface area contributed by atoms with E-state index in [0.29, 0.717) is 6.04 Å². The smallest absolute Gasteiger partial charge is 0.288 e. The number of hydrogen-bond donors (Lipinski definition) is 0. The molecule has 19 heavy (non-hydrogen) atoms. The van der Waals surface area contributed by atoms with Gasteiger partial charge in [-0.25, -0.2) is 14.3 Å². The Balaban J connectivity index is 2.10. The molecule has 0 atom stereocenters. The van der Waals surface area contributed by atoms with Crippen molar-refractivity contribution in [2.45, 2.75) is 25.8 Å². The Hall–Kier alpha value is -1.88. The quantitative estimate of drug-likeness (QED) is 0.719. The number of fused-ring (bicyclic) bond motifs is 1. The van der Waals surface area contributed by atoms with Crippen molar-refractivity contribution in [3.05, 3.63) is 45.8 Å². The van der Waals surface area contributed by atoms with Gasteiger partial charge in [0, 0.05) is 11.4 Å². The topological polar surface area (TPSA) is 39.8 Å². The van der Waals surface area contributed by atoms with Gasteiger partial charge in [-0.3, -0.25) is 4.57 Å². The van der Waals surface area contributed by atoms with Crippen molar-refractivity contribution in [2.24, 2.45) is 0 Å². The van der Waals surface area contributed by atoms with E-state index in [1.54, 1.807) is 4.57 Å². The molecule has 2 heterocycles. The van der Waals surface area contributed by atoms with Crippen LogP contribution >= 0.6 is 11.3 Å². The summed E-state index contributed by atoms with van der Waals surface area (Å²) in [7, 11) is 0. The third kappa shape index (κ3) is 1.58. The lowest BCUT2D eigenvalue weighted by molar-refractivity contribution is 0.715. The third-order valence-corrected chi connectivity index (χ3v) is 4.43. The molecule has 5 heteroatoms. The van der Waals surface area contributed by atoms with Gasteiger partial charge in [0.15, 0.2) is 5.13 Å². The molecule has 1 aliphatic carbocycles. The number of nitrogens with zero attached hydrogens (tertiary/aromatic N) is 3. The summed E-state index contributed by atoms with van der Waals surface area (Å²) in [6.45, 7) is 1.95. The summed E-state index contributed by atoms with van der Waals surface area (Å²) in [5.74, 6) is 0. The number of imidazole rings is 1. The minimum atomic E-state index is 0.0399. The van der Waals surface area contributed by atoms with E-state index in [9.17, 15) is 4.79 Å². The van der Waals surface area contributed by atoms with Crippen LogP contribution in [0.2, 0.25) is 0 Å². The molecule has 0 aliphatic heterocycles. The van der Waals surface area contributed by atoms with E-state index in [-0.39, 0.29) is 5.69 Å². The fourth-order valence-corrected chi connectivity index (χ4v) is 3.29. The van der Waals surface area contributed by atoms with Crippen molar-refractivity contribution < 1.29 is 0 Å². The Labute approximate surface area is 113 Å². The zero-order chi connectivity index (χ0) is 13.0. The Morgan fingerprint density at radius 2 is 2.00 bits per heavy atom. The minimum absolute atomic E-state index is 0.0399. The van der Waals surface area contributed by atoms with Gasteiger partial charge in [-0.05, 0) is 31.9 Å². The molecule has 0 N–H and O–H groups in total. The van der Waals surface area contributed by atoms with Crippen LogP contribution in [0.3, 0.4) is 0 Å². The van der Waals surface area contributed by atoms with Crippen LogP contribution in [0.25, 0.3) is 16.2 Å². The van der Waals surface area contributed by atoms with Crippen LogP contribution < -0.4 is 5.69 Å². The SMILES string of the molecule is Cc1csc(-n2c(=O)n(C3CC3)c3ccccc32)n1. The lowest BCUT2D eigenvalue weighted by atomic mass is 10.3. The van der Waals surface area contributed by atoms with Crippen molar-refractivity contribution in [3.8, 4) is 5.13 Å². The van der Waals surface area contributed by atoms with Crippen LogP contribution in [-0.2, 0) is 0 Å². The number of rotatable bonds is 2. The van der Waals surface area contributed by atoms with Crippen molar-refractivity contribution >= 4 is 22.4 Å².